The van der Waals surface area contributed by atoms with E-state index >= 15 is 0 Å². The molecule has 0 saturated carbocycles. The van der Waals surface area contributed by atoms with Crippen molar-refractivity contribution >= 4 is 55.1 Å². The third-order valence-electron chi connectivity index (χ3n) is 6.97. The lowest BCUT2D eigenvalue weighted by molar-refractivity contribution is -0.140. The van der Waals surface area contributed by atoms with Crippen LogP contribution in [0.25, 0.3) is 0 Å². The SMILES string of the molecule is Cc1ccc(S(=O)(=O)N(CC(=O)N(Cc2ccc(Cl)cc2)C(Cc2ccccc2)C(=O)NC(C)C)c2ccc(Br)cc2)cc1. The number of hydrogen-bond acceptors (Lipinski definition) is 4. The lowest BCUT2D eigenvalue weighted by Gasteiger charge is -2.34. The first-order valence-electron chi connectivity index (χ1n) is 14.2. The van der Waals surface area contributed by atoms with Crippen LogP contribution in [0.4, 0.5) is 5.69 Å². The molecule has 44 heavy (non-hydrogen) atoms. The Morgan fingerprint density at radius 2 is 1.45 bits per heavy atom. The highest BCUT2D eigenvalue weighted by molar-refractivity contribution is 9.10. The normalized spacial score (nSPS) is 12.0. The second kappa shape index (κ2) is 14.9. The Morgan fingerprint density at radius 3 is 2.05 bits per heavy atom. The predicted octanol–water partition coefficient (Wildman–Crippen LogP) is 6.77. The number of aryl methyl sites for hydroxylation is 1. The maximum Gasteiger partial charge on any atom is 0.264 e. The quantitative estimate of drug-likeness (QED) is 0.177. The third-order valence-corrected chi connectivity index (χ3v) is 9.54. The van der Waals surface area contributed by atoms with Gasteiger partial charge in [-0.15, -0.1) is 0 Å². The molecule has 10 heteroatoms. The Hall–Kier alpha value is -3.66. The van der Waals surface area contributed by atoms with Gasteiger partial charge in [0, 0.05) is 28.5 Å². The van der Waals surface area contributed by atoms with Gasteiger partial charge in [-0.3, -0.25) is 13.9 Å². The highest BCUT2D eigenvalue weighted by Gasteiger charge is 2.34. The van der Waals surface area contributed by atoms with Gasteiger partial charge in [-0.1, -0.05) is 87.7 Å². The number of benzene rings is 4. The van der Waals surface area contributed by atoms with E-state index in [9.17, 15) is 18.0 Å². The number of halogens is 2. The summed E-state index contributed by atoms with van der Waals surface area (Å²) >= 11 is 9.54. The van der Waals surface area contributed by atoms with Gasteiger partial charge in [0.05, 0.1) is 10.6 Å². The number of carbonyl (C=O) groups is 2. The van der Waals surface area contributed by atoms with Crippen molar-refractivity contribution in [1.82, 2.24) is 10.2 Å². The molecule has 0 heterocycles. The van der Waals surface area contributed by atoms with E-state index in [2.05, 4.69) is 21.2 Å². The summed E-state index contributed by atoms with van der Waals surface area (Å²) in [6.45, 7) is 5.12. The second-order valence-electron chi connectivity index (χ2n) is 10.8. The number of nitrogens with zero attached hydrogens (tertiary/aromatic N) is 2. The van der Waals surface area contributed by atoms with Crippen LogP contribution in [-0.4, -0.2) is 43.8 Å². The number of nitrogens with one attached hydrogen (secondary N) is 1. The largest absolute Gasteiger partial charge is 0.352 e. The molecule has 0 bridgehead atoms. The van der Waals surface area contributed by atoms with Crippen molar-refractivity contribution < 1.29 is 18.0 Å². The number of rotatable bonds is 12. The van der Waals surface area contributed by atoms with Crippen LogP contribution in [0.1, 0.15) is 30.5 Å². The lowest BCUT2D eigenvalue weighted by atomic mass is 10.0. The van der Waals surface area contributed by atoms with Crippen molar-refractivity contribution in [3.05, 3.63) is 129 Å². The van der Waals surface area contributed by atoms with E-state index in [4.69, 9.17) is 11.6 Å². The molecule has 0 spiro atoms. The van der Waals surface area contributed by atoms with E-state index in [1.165, 1.54) is 17.0 Å². The van der Waals surface area contributed by atoms with Crippen molar-refractivity contribution in [2.75, 3.05) is 10.8 Å². The second-order valence-corrected chi connectivity index (χ2v) is 14.0. The van der Waals surface area contributed by atoms with E-state index < -0.39 is 28.5 Å². The molecular formula is C34H35BrClN3O4S. The zero-order chi connectivity index (χ0) is 31.9. The van der Waals surface area contributed by atoms with Gasteiger partial charge in [0.1, 0.15) is 12.6 Å². The molecule has 0 aliphatic carbocycles. The average molecular weight is 697 g/mol. The zero-order valence-electron chi connectivity index (χ0n) is 24.8. The summed E-state index contributed by atoms with van der Waals surface area (Å²) in [4.78, 5) is 29.7. The Bertz CT molecular complexity index is 1660. The molecule has 1 atom stereocenters. The van der Waals surface area contributed by atoms with E-state index in [0.717, 1.165) is 25.5 Å². The van der Waals surface area contributed by atoms with Gasteiger partial charge in [-0.2, -0.15) is 0 Å². The van der Waals surface area contributed by atoms with Crippen molar-refractivity contribution in [3.63, 3.8) is 0 Å². The van der Waals surface area contributed by atoms with Crippen LogP contribution in [0.15, 0.2) is 112 Å². The fourth-order valence-electron chi connectivity index (χ4n) is 4.69. The summed E-state index contributed by atoms with van der Waals surface area (Å²) in [5, 5.41) is 3.49. The molecule has 7 nitrogen and oxygen atoms in total. The minimum atomic E-state index is -4.16. The Labute approximate surface area is 273 Å². The molecule has 0 fully saturated rings. The topological polar surface area (TPSA) is 86.8 Å². The molecule has 0 radical (unpaired) electrons. The fraction of sp³-hybridized carbons (Fsp3) is 0.235. The number of amides is 2. The monoisotopic (exact) mass is 695 g/mol. The van der Waals surface area contributed by atoms with Crippen LogP contribution in [-0.2, 0) is 32.6 Å². The van der Waals surface area contributed by atoms with Gasteiger partial charge in [0.15, 0.2) is 0 Å². The maximum absolute atomic E-state index is 14.4. The summed E-state index contributed by atoms with van der Waals surface area (Å²) in [5.74, 6) is -0.860. The summed E-state index contributed by atoms with van der Waals surface area (Å²) in [6.07, 6.45) is 0.238. The highest BCUT2D eigenvalue weighted by Crippen LogP contribution is 2.27. The van der Waals surface area contributed by atoms with Gasteiger partial charge in [0.2, 0.25) is 11.8 Å². The number of anilines is 1. The Balaban J connectivity index is 1.79. The van der Waals surface area contributed by atoms with E-state index in [0.29, 0.717) is 10.7 Å². The third kappa shape index (κ3) is 8.71. The molecule has 230 valence electrons. The molecule has 4 aromatic carbocycles. The van der Waals surface area contributed by atoms with Crippen molar-refractivity contribution in [3.8, 4) is 0 Å². The van der Waals surface area contributed by atoms with E-state index in [-0.39, 0.29) is 29.8 Å². The van der Waals surface area contributed by atoms with Gasteiger partial charge >= 0.3 is 0 Å². The molecule has 2 amide bonds. The molecule has 1 unspecified atom stereocenters. The lowest BCUT2D eigenvalue weighted by Crippen LogP contribution is -2.54. The molecular weight excluding hydrogens is 662 g/mol. The van der Waals surface area contributed by atoms with Crippen molar-refractivity contribution in [1.29, 1.82) is 0 Å². The van der Waals surface area contributed by atoms with Crippen LogP contribution in [0, 0.1) is 6.92 Å². The minimum Gasteiger partial charge on any atom is -0.352 e. The number of hydrogen-bond donors (Lipinski definition) is 1. The number of carbonyl (C=O) groups excluding carboxylic acids is 2. The Morgan fingerprint density at radius 1 is 0.841 bits per heavy atom. The van der Waals surface area contributed by atoms with Crippen LogP contribution in [0.3, 0.4) is 0 Å². The van der Waals surface area contributed by atoms with Crippen LogP contribution >= 0.6 is 27.5 Å². The van der Waals surface area contributed by atoms with Gasteiger partial charge in [-0.05, 0) is 80.4 Å². The minimum absolute atomic E-state index is 0.0569. The maximum atomic E-state index is 14.4. The summed E-state index contributed by atoms with van der Waals surface area (Å²) < 4.78 is 30.0. The molecule has 0 saturated heterocycles. The molecule has 4 aromatic rings. The van der Waals surface area contributed by atoms with Crippen LogP contribution < -0.4 is 9.62 Å². The summed E-state index contributed by atoms with van der Waals surface area (Å²) in [6, 6.07) is 28.6. The highest BCUT2D eigenvalue weighted by atomic mass is 79.9. The van der Waals surface area contributed by atoms with Crippen LogP contribution in [0.2, 0.25) is 5.02 Å². The zero-order valence-corrected chi connectivity index (χ0v) is 27.9. The molecule has 0 aliphatic heterocycles. The first-order chi connectivity index (χ1) is 20.9. The molecule has 0 aliphatic rings. The first-order valence-corrected chi connectivity index (χ1v) is 16.8. The fourth-order valence-corrected chi connectivity index (χ4v) is 6.50. The average Bonchev–Trinajstić information content (AvgIpc) is 2.99. The molecule has 0 aromatic heterocycles. The van der Waals surface area contributed by atoms with Gasteiger partial charge in [0.25, 0.3) is 10.0 Å². The van der Waals surface area contributed by atoms with Crippen molar-refractivity contribution in [2.45, 2.75) is 50.7 Å². The van der Waals surface area contributed by atoms with E-state index in [1.54, 1.807) is 60.7 Å². The molecule has 4 rings (SSSR count). The van der Waals surface area contributed by atoms with E-state index in [1.807, 2.05) is 51.1 Å². The standard InChI is InChI=1S/C34H35BrClN3O4S/c1-24(2)37-34(41)32(21-26-7-5-4-6-8-26)38(22-27-11-15-29(36)16-12-27)33(40)23-39(30-17-13-28(35)14-18-30)44(42,43)31-19-9-25(3)10-20-31/h4-20,24,32H,21-23H2,1-3H3,(H,37,41). The summed E-state index contributed by atoms with van der Waals surface area (Å²) in [5.41, 5.74) is 2.83. The number of sulfonamides is 1. The van der Waals surface area contributed by atoms with Gasteiger partial charge in [-0.25, -0.2) is 8.42 Å². The predicted molar refractivity (Wildman–Crippen MR) is 179 cm³/mol. The Kier molecular flexibility index (Phi) is 11.2. The van der Waals surface area contributed by atoms with Crippen LogP contribution in [0.5, 0.6) is 0 Å². The molecule has 1 N–H and O–H groups in total. The van der Waals surface area contributed by atoms with Crippen molar-refractivity contribution in [2.24, 2.45) is 0 Å². The first kappa shape index (κ1) is 33.2. The smallest absolute Gasteiger partial charge is 0.264 e. The van der Waals surface area contributed by atoms with Gasteiger partial charge < -0.3 is 10.2 Å². The summed E-state index contributed by atoms with van der Waals surface area (Å²) in [7, 11) is -4.16.